The molecule has 2 amide bonds. The maximum atomic E-state index is 12.3. The molecule has 24 heavy (non-hydrogen) atoms. The summed E-state index contributed by atoms with van der Waals surface area (Å²) in [5, 5.41) is 3.03. The first-order valence-electron chi connectivity index (χ1n) is 8.88. The van der Waals surface area contributed by atoms with E-state index < -0.39 is 0 Å². The highest BCUT2D eigenvalue weighted by molar-refractivity contribution is 7.11. The Labute approximate surface area is 148 Å². The zero-order chi connectivity index (χ0) is 17.1. The van der Waals surface area contributed by atoms with Crippen molar-refractivity contribution >= 4 is 23.2 Å². The van der Waals surface area contributed by atoms with Crippen LogP contribution in [-0.2, 0) is 16.1 Å². The molecule has 0 radical (unpaired) electrons. The van der Waals surface area contributed by atoms with Gasteiger partial charge in [0.15, 0.2) is 0 Å². The van der Waals surface area contributed by atoms with Gasteiger partial charge in [0.25, 0.3) is 0 Å². The summed E-state index contributed by atoms with van der Waals surface area (Å²) in [4.78, 5) is 30.9. The molecule has 0 aliphatic carbocycles. The maximum Gasteiger partial charge on any atom is 0.234 e. The normalized spacial score (nSPS) is 24.5. The summed E-state index contributed by atoms with van der Waals surface area (Å²) < 4.78 is 0. The molecule has 0 bridgehead atoms. The zero-order valence-electron chi connectivity index (χ0n) is 14.6. The smallest absolute Gasteiger partial charge is 0.234 e. The fraction of sp³-hybridized carbons (Fsp3) is 0.667. The first-order chi connectivity index (χ1) is 11.5. The van der Waals surface area contributed by atoms with Crippen LogP contribution in [0.4, 0.5) is 0 Å². The Morgan fingerprint density at radius 1 is 1.21 bits per heavy atom. The van der Waals surface area contributed by atoms with Gasteiger partial charge in [-0.05, 0) is 51.3 Å². The van der Waals surface area contributed by atoms with E-state index in [0.717, 1.165) is 38.8 Å². The van der Waals surface area contributed by atoms with Crippen molar-refractivity contribution in [1.29, 1.82) is 0 Å². The van der Waals surface area contributed by atoms with Crippen LogP contribution >= 0.6 is 11.3 Å². The summed E-state index contributed by atoms with van der Waals surface area (Å²) in [6.45, 7) is 6.61. The van der Waals surface area contributed by atoms with Crippen molar-refractivity contribution in [2.24, 2.45) is 0 Å². The number of carbonyl (C=O) groups is 2. The summed E-state index contributed by atoms with van der Waals surface area (Å²) in [6, 6.07) is 4.78. The highest BCUT2D eigenvalue weighted by Gasteiger charge is 2.39. The summed E-state index contributed by atoms with van der Waals surface area (Å²) in [5.74, 6) is 0.252. The molecule has 2 aliphatic rings. The molecule has 132 valence electrons. The third kappa shape index (κ3) is 3.98. The Bertz CT molecular complexity index is 601. The standard InChI is InChI=1S/C18H27N3O2S/c1-13-7-8-15(24-13)11-19-18(23)12-20-9-3-5-16(20)17-6-4-10-21(17)14(2)22/h7-8,16-17H,3-6,9-12H2,1-2H3,(H,19,23)/t16-,17-/m0/s1. The molecule has 2 fully saturated rings. The van der Waals surface area contributed by atoms with Crippen molar-refractivity contribution in [1.82, 2.24) is 15.1 Å². The molecular formula is C18H27N3O2S. The summed E-state index contributed by atoms with van der Waals surface area (Å²) >= 11 is 1.72. The second kappa shape index (κ2) is 7.66. The summed E-state index contributed by atoms with van der Waals surface area (Å²) in [7, 11) is 0. The van der Waals surface area contributed by atoms with Crippen LogP contribution in [0.1, 0.15) is 42.4 Å². The largest absolute Gasteiger partial charge is 0.350 e. The Morgan fingerprint density at radius 2 is 1.96 bits per heavy atom. The number of hydrogen-bond donors (Lipinski definition) is 1. The van der Waals surface area contributed by atoms with E-state index in [2.05, 4.69) is 29.3 Å². The van der Waals surface area contributed by atoms with Crippen LogP contribution in [0.15, 0.2) is 12.1 Å². The highest BCUT2D eigenvalue weighted by atomic mass is 32.1. The van der Waals surface area contributed by atoms with Gasteiger partial charge in [0.05, 0.1) is 13.1 Å². The molecule has 3 heterocycles. The fourth-order valence-corrected chi connectivity index (χ4v) is 4.90. The van der Waals surface area contributed by atoms with Crippen molar-refractivity contribution in [3.8, 4) is 0 Å². The van der Waals surface area contributed by atoms with Gasteiger partial charge in [0.1, 0.15) is 0 Å². The molecule has 1 aromatic rings. The van der Waals surface area contributed by atoms with E-state index in [1.807, 2.05) is 4.90 Å². The maximum absolute atomic E-state index is 12.3. The van der Waals surface area contributed by atoms with E-state index in [1.165, 1.54) is 9.75 Å². The van der Waals surface area contributed by atoms with Crippen LogP contribution in [0.2, 0.25) is 0 Å². The molecule has 0 unspecified atom stereocenters. The highest BCUT2D eigenvalue weighted by Crippen LogP contribution is 2.29. The SMILES string of the molecule is CC(=O)N1CCC[C@H]1[C@@H]1CCCN1CC(=O)NCc1ccc(C)s1. The summed E-state index contributed by atoms with van der Waals surface area (Å²) in [5.41, 5.74) is 0. The van der Waals surface area contributed by atoms with E-state index in [9.17, 15) is 9.59 Å². The predicted octanol–water partition coefficient (Wildman–Crippen LogP) is 2.15. The molecule has 2 aliphatic heterocycles. The van der Waals surface area contributed by atoms with Crippen LogP contribution in [0.5, 0.6) is 0 Å². The minimum Gasteiger partial charge on any atom is -0.350 e. The lowest BCUT2D eigenvalue weighted by atomic mass is 10.0. The molecule has 1 N–H and O–H groups in total. The monoisotopic (exact) mass is 349 g/mol. The number of nitrogens with one attached hydrogen (secondary N) is 1. The van der Waals surface area contributed by atoms with Gasteiger partial charge in [-0.25, -0.2) is 0 Å². The van der Waals surface area contributed by atoms with Crippen molar-refractivity contribution < 1.29 is 9.59 Å². The lowest BCUT2D eigenvalue weighted by molar-refractivity contribution is -0.130. The molecule has 0 saturated carbocycles. The minimum absolute atomic E-state index is 0.0836. The van der Waals surface area contributed by atoms with Gasteiger partial charge in [-0.2, -0.15) is 0 Å². The number of hydrogen-bond acceptors (Lipinski definition) is 4. The van der Waals surface area contributed by atoms with E-state index in [-0.39, 0.29) is 17.9 Å². The molecule has 2 saturated heterocycles. The van der Waals surface area contributed by atoms with E-state index in [0.29, 0.717) is 19.1 Å². The second-order valence-electron chi connectivity index (χ2n) is 6.89. The molecule has 3 rings (SSSR count). The zero-order valence-corrected chi connectivity index (χ0v) is 15.4. The molecule has 6 heteroatoms. The number of rotatable bonds is 5. The molecule has 1 aromatic heterocycles. The number of aryl methyl sites for hydroxylation is 1. The Morgan fingerprint density at radius 3 is 2.67 bits per heavy atom. The first-order valence-corrected chi connectivity index (χ1v) is 9.69. The minimum atomic E-state index is 0.0836. The number of thiophene rings is 1. The van der Waals surface area contributed by atoms with Crippen LogP contribution in [0.25, 0.3) is 0 Å². The second-order valence-corrected chi connectivity index (χ2v) is 8.26. The quantitative estimate of drug-likeness (QED) is 0.886. The van der Waals surface area contributed by atoms with Crippen molar-refractivity contribution in [2.45, 2.75) is 58.2 Å². The fourth-order valence-electron chi connectivity index (χ4n) is 4.07. The van der Waals surface area contributed by atoms with E-state index >= 15 is 0 Å². The summed E-state index contributed by atoms with van der Waals surface area (Å²) in [6.07, 6.45) is 4.35. The van der Waals surface area contributed by atoms with E-state index in [4.69, 9.17) is 0 Å². The van der Waals surface area contributed by atoms with Crippen molar-refractivity contribution in [3.63, 3.8) is 0 Å². The van der Waals surface area contributed by atoms with Gasteiger partial charge in [0, 0.05) is 35.3 Å². The van der Waals surface area contributed by atoms with Gasteiger partial charge in [-0.3, -0.25) is 14.5 Å². The molecule has 2 atom stereocenters. The average Bonchev–Trinajstić information content (AvgIpc) is 3.24. The number of likely N-dealkylation sites (tertiary alicyclic amines) is 2. The molecular weight excluding hydrogens is 322 g/mol. The van der Waals surface area contributed by atoms with Crippen LogP contribution in [0.3, 0.4) is 0 Å². The van der Waals surface area contributed by atoms with Gasteiger partial charge in [-0.1, -0.05) is 0 Å². The van der Waals surface area contributed by atoms with Gasteiger partial charge < -0.3 is 10.2 Å². The molecule has 5 nitrogen and oxygen atoms in total. The Kier molecular flexibility index (Phi) is 5.56. The van der Waals surface area contributed by atoms with Crippen molar-refractivity contribution in [2.75, 3.05) is 19.6 Å². The van der Waals surface area contributed by atoms with Gasteiger partial charge in [-0.15, -0.1) is 11.3 Å². The lowest BCUT2D eigenvalue weighted by Gasteiger charge is -2.34. The first kappa shape index (κ1) is 17.4. The van der Waals surface area contributed by atoms with Crippen LogP contribution < -0.4 is 5.32 Å². The topological polar surface area (TPSA) is 52.7 Å². The third-order valence-corrected chi connectivity index (χ3v) is 6.17. The van der Waals surface area contributed by atoms with Crippen LogP contribution in [-0.4, -0.2) is 53.3 Å². The van der Waals surface area contributed by atoms with Crippen molar-refractivity contribution in [3.05, 3.63) is 21.9 Å². The van der Waals surface area contributed by atoms with Crippen LogP contribution in [0, 0.1) is 6.92 Å². The predicted molar refractivity (Wildman–Crippen MR) is 95.9 cm³/mol. The molecule has 0 aromatic carbocycles. The average molecular weight is 350 g/mol. The molecule has 0 spiro atoms. The Hall–Kier alpha value is -1.40. The number of amides is 2. The number of carbonyl (C=O) groups excluding carboxylic acids is 2. The van der Waals surface area contributed by atoms with Gasteiger partial charge >= 0.3 is 0 Å². The van der Waals surface area contributed by atoms with Gasteiger partial charge in [0.2, 0.25) is 11.8 Å². The lowest BCUT2D eigenvalue weighted by Crippen LogP contribution is -2.50. The Balaban J connectivity index is 1.53. The number of nitrogens with zero attached hydrogens (tertiary/aromatic N) is 2. The van der Waals surface area contributed by atoms with E-state index in [1.54, 1.807) is 18.3 Å². The third-order valence-electron chi connectivity index (χ3n) is 5.16.